The van der Waals surface area contributed by atoms with Crippen molar-refractivity contribution in [2.24, 2.45) is 11.3 Å². The van der Waals surface area contributed by atoms with Gasteiger partial charge in [0.25, 0.3) is 0 Å². The van der Waals surface area contributed by atoms with E-state index in [0.29, 0.717) is 11.5 Å². The summed E-state index contributed by atoms with van der Waals surface area (Å²) in [5.74, 6) is 2.52. The second-order valence-corrected chi connectivity index (χ2v) is 8.92. The molecule has 0 radical (unpaired) electrons. The average molecular weight is 301 g/mol. The predicted octanol–water partition coefficient (Wildman–Crippen LogP) is 2.25. The van der Waals surface area contributed by atoms with Crippen LogP contribution in [0.1, 0.15) is 46.5 Å². The van der Waals surface area contributed by atoms with Crippen LogP contribution in [0.4, 0.5) is 0 Å². The lowest BCUT2D eigenvalue weighted by Gasteiger charge is -2.46. The first-order chi connectivity index (χ1) is 9.53. The maximum atomic E-state index is 11.5. The van der Waals surface area contributed by atoms with Crippen LogP contribution in [0, 0.1) is 11.3 Å². The molecule has 2 unspecified atom stereocenters. The molecule has 4 heteroatoms. The molecule has 0 bridgehead atoms. The second-order valence-electron chi connectivity index (χ2n) is 7.22. The van der Waals surface area contributed by atoms with Gasteiger partial charge in [-0.15, -0.1) is 0 Å². The van der Waals surface area contributed by atoms with Crippen molar-refractivity contribution in [3.63, 3.8) is 0 Å². The lowest BCUT2D eigenvalue weighted by atomic mass is 9.67. The summed E-state index contributed by atoms with van der Waals surface area (Å²) in [5.41, 5.74) is 0.413. The standard InChI is InChI=1S/C16H32N2OS/c1-4-8-17-15-14(6-5-7-16(15,2)3)13-18-9-11-20(19)12-10-18/h14-15,17H,4-13H2,1-3H3. The van der Waals surface area contributed by atoms with Gasteiger partial charge in [-0.05, 0) is 37.1 Å². The molecule has 1 heterocycles. The lowest BCUT2D eigenvalue weighted by molar-refractivity contribution is 0.0812. The van der Waals surface area contributed by atoms with Crippen LogP contribution in [0.5, 0.6) is 0 Å². The molecular formula is C16H32N2OS. The molecule has 2 aliphatic rings. The third-order valence-corrected chi connectivity index (χ3v) is 6.36. The zero-order chi connectivity index (χ0) is 14.6. The van der Waals surface area contributed by atoms with Crippen molar-refractivity contribution in [1.82, 2.24) is 10.2 Å². The molecule has 1 aliphatic carbocycles. The quantitative estimate of drug-likeness (QED) is 0.845. The molecule has 2 fully saturated rings. The summed E-state index contributed by atoms with van der Waals surface area (Å²) >= 11 is 0. The molecule has 3 nitrogen and oxygen atoms in total. The summed E-state index contributed by atoms with van der Waals surface area (Å²) < 4.78 is 11.5. The van der Waals surface area contributed by atoms with E-state index in [2.05, 4.69) is 31.0 Å². The minimum Gasteiger partial charge on any atom is -0.313 e. The maximum absolute atomic E-state index is 11.5. The summed E-state index contributed by atoms with van der Waals surface area (Å²) in [6.45, 7) is 11.5. The molecular weight excluding hydrogens is 268 g/mol. The van der Waals surface area contributed by atoms with Gasteiger partial charge in [-0.2, -0.15) is 0 Å². The highest BCUT2D eigenvalue weighted by Gasteiger charge is 2.39. The van der Waals surface area contributed by atoms with E-state index in [1.807, 2.05) is 0 Å². The fourth-order valence-electron chi connectivity index (χ4n) is 3.91. The van der Waals surface area contributed by atoms with E-state index in [1.165, 1.54) is 32.2 Å². The van der Waals surface area contributed by atoms with Gasteiger partial charge in [0.1, 0.15) is 0 Å². The Hall–Kier alpha value is 0.0700. The minimum absolute atomic E-state index is 0.413. The highest BCUT2D eigenvalue weighted by atomic mass is 32.2. The summed E-state index contributed by atoms with van der Waals surface area (Å²) in [4.78, 5) is 2.55. The number of hydrogen-bond acceptors (Lipinski definition) is 3. The van der Waals surface area contributed by atoms with E-state index in [1.54, 1.807) is 0 Å². The zero-order valence-corrected chi connectivity index (χ0v) is 14.3. The third-order valence-electron chi connectivity index (χ3n) is 5.09. The topological polar surface area (TPSA) is 32.3 Å². The Morgan fingerprint density at radius 2 is 2.00 bits per heavy atom. The average Bonchev–Trinajstić information content (AvgIpc) is 2.40. The maximum Gasteiger partial charge on any atom is 0.0363 e. The van der Waals surface area contributed by atoms with Crippen LogP contribution in [-0.2, 0) is 10.8 Å². The molecule has 2 atom stereocenters. The van der Waals surface area contributed by atoms with Crippen molar-refractivity contribution in [1.29, 1.82) is 0 Å². The van der Waals surface area contributed by atoms with Gasteiger partial charge in [-0.25, -0.2) is 0 Å². The van der Waals surface area contributed by atoms with Gasteiger partial charge < -0.3 is 10.2 Å². The molecule has 1 saturated carbocycles. The van der Waals surface area contributed by atoms with Gasteiger partial charge in [0.05, 0.1) is 0 Å². The largest absolute Gasteiger partial charge is 0.313 e. The third kappa shape index (κ3) is 4.28. The first kappa shape index (κ1) is 16.4. The Kier molecular flexibility index (Phi) is 6.06. The fourth-order valence-corrected chi connectivity index (χ4v) is 5.04. The summed E-state index contributed by atoms with van der Waals surface area (Å²) in [7, 11) is -0.554. The van der Waals surface area contributed by atoms with Crippen LogP contribution in [0.3, 0.4) is 0 Å². The Labute approximate surface area is 127 Å². The summed E-state index contributed by atoms with van der Waals surface area (Å²) in [6, 6.07) is 0.642. The van der Waals surface area contributed by atoms with Crippen LogP contribution in [0.15, 0.2) is 0 Å². The second kappa shape index (κ2) is 7.37. The number of rotatable bonds is 5. The highest BCUT2D eigenvalue weighted by molar-refractivity contribution is 7.85. The fraction of sp³-hybridized carbons (Fsp3) is 1.00. The molecule has 20 heavy (non-hydrogen) atoms. The Morgan fingerprint density at radius 1 is 1.30 bits per heavy atom. The molecule has 0 spiro atoms. The molecule has 1 saturated heterocycles. The van der Waals surface area contributed by atoms with Crippen LogP contribution in [0.2, 0.25) is 0 Å². The molecule has 1 aliphatic heterocycles. The molecule has 0 aromatic rings. The molecule has 0 amide bonds. The van der Waals surface area contributed by atoms with E-state index in [0.717, 1.165) is 37.1 Å². The summed E-state index contributed by atoms with van der Waals surface area (Å²) in [5, 5.41) is 3.82. The van der Waals surface area contributed by atoms with Crippen molar-refractivity contribution < 1.29 is 4.21 Å². The van der Waals surface area contributed by atoms with Crippen molar-refractivity contribution >= 4 is 10.8 Å². The molecule has 118 valence electrons. The van der Waals surface area contributed by atoms with Gasteiger partial charge in [0, 0.05) is 48.0 Å². The van der Waals surface area contributed by atoms with E-state index >= 15 is 0 Å². The van der Waals surface area contributed by atoms with E-state index < -0.39 is 10.8 Å². The van der Waals surface area contributed by atoms with Gasteiger partial charge >= 0.3 is 0 Å². The van der Waals surface area contributed by atoms with Crippen molar-refractivity contribution in [3.8, 4) is 0 Å². The van der Waals surface area contributed by atoms with Crippen molar-refractivity contribution in [2.45, 2.75) is 52.5 Å². The minimum atomic E-state index is -0.554. The molecule has 2 rings (SSSR count). The lowest BCUT2D eigenvalue weighted by Crippen LogP contribution is -2.54. The first-order valence-corrected chi connectivity index (χ1v) is 9.82. The summed E-state index contributed by atoms with van der Waals surface area (Å²) in [6.07, 6.45) is 5.27. The number of hydrogen-bond donors (Lipinski definition) is 1. The van der Waals surface area contributed by atoms with Gasteiger partial charge in [0.15, 0.2) is 0 Å². The molecule has 0 aromatic heterocycles. The monoisotopic (exact) mass is 300 g/mol. The van der Waals surface area contributed by atoms with E-state index in [-0.39, 0.29) is 0 Å². The SMILES string of the molecule is CCCNC1C(CN2CCS(=O)CC2)CCCC1(C)C. The van der Waals surface area contributed by atoms with E-state index in [4.69, 9.17) is 0 Å². The van der Waals surface area contributed by atoms with Crippen LogP contribution in [-0.4, -0.2) is 52.8 Å². The van der Waals surface area contributed by atoms with Crippen LogP contribution in [0.25, 0.3) is 0 Å². The Bertz CT molecular complexity index is 322. The predicted molar refractivity (Wildman–Crippen MR) is 87.5 cm³/mol. The number of nitrogens with one attached hydrogen (secondary N) is 1. The van der Waals surface area contributed by atoms with Crippen LogP contribution < -0.4 is 5.32 Å². The zero-order valence-electron chi connectivity index (χ0n) is 13.5. The Balaban J connectivity index is 1.94. The highest BCUT2D eigenvalue weighted by Crippen LogP contribution is 2.39. The van der Waals surface area contributed by atoms with Crippen molar-refractivity contribution in [2.75, 3.05) is 37.7 Å². The van der Waals surface area contributed by atoms with Gasteiger partial charge in [-0.1, -0.05) is 27.2 Å². The van der Waals surface area contributed by atoms with Crippen molar-refractivity contribution in [3.05, 3.63) is 0 Å². The Morgan fingerprint density at radius 3 is 2.65 bits per heavy atom. The smallest absolute Gasteiger partial charge is 0.0363 e. The first-order valence-electron chi connectivity index (χ1n) is 8.33. The normalized spacial score (nSPS) is 32.4. The van der Waals surface area contributed by atoms with E-state index in [9.17, 15) is 4.21 Å². The van der Waals surface area contributed by atoms with Crippen LogP contribution >= 0.6 is 0 Å². The van der Waals surface area contributed by atoms with Gasteiger partial charge in [-0.3, -0.25) is 4.21 Å². The molecule has 0 aromatic carbocycles. The molecule has 1 N–H and O–H groups in total. The number of nitrogens with zero attached hydrogens (tertiary/aromatic N) is 1. The van der Waals surface area contributed by atoms with Gasteiger partial charge in [0.2, 0.25) is 0 Å².